The Hall–Kier alpha value is 0.110. The Morgan fingerprint density at radius 3 is 2.92 bits per heavy atom. The van der Waals surface area contributed by atoms with E-state index in [0.717, 1.165) is 12.1 Å². The second-order valence-corrected chi connectivity index (χ2v) is 5.52. The predicted molar refractivity (Wildman–Crippen MR) is 62.8 cm³/mol. The monoisotopic (exact) mass is 261 g/mol. The van der Waals surface area contributed by atoms with Crippen LogP contribution in [-0.4, -0.2) is 9.81 Å². The van der Waals surface area contributed by atoms with Crippen LogP contribution in [-0.2, 0) is 6.42 Å². The molecule has 1 aromatic heterocycles. The van der Waals surface area contributed by atoms with E-state index in [1.165, 1.54) is 24.3 Å². The van der Waals surface area contributed by atoms with Crippen LogP contribution in [0.4, 0.5) is 0 Å². The van der Waals surface area contributed by atoms with Gasteiger partial charge in [0.15, 0.2) is 0 Å². The van der Waals surface area contributed by atoms with Crippen molar-refractivity contribution in [2.24, 2.45) is 0 Å². The first-order chi connectivity index (χ1) is 6.22. The Morgan fingerprint density at radius 2 is 2.38 bits per heavy atom. The van der Waals surface area contributed by atoms with Crippen molar-refractivity contribution in [2.45, 2.75) is 44.4 Å². The van der Waals surface area contributed by atoms with Crippen molar-refractivity contribution in [3.8, 4) is 0 Å². The molecule has 1 aromatic rings. The highest BCUT2D eigenvalue weighted by Gasteiger charge is 2.02. The Balaban J connectivity index is 2.20. The number of hydrogen-bond donors (Lipinski definition) is 0. The summed E-state index contributed by atoms with van der Waals surface area (Å²) in [5.74, 6) is 0. The summed E-state index contributed by atoms with van der Waals surface area (Å²) in [6, 6.07) is 0. The molecule has 0 aliphatic carbocycles. The summed E-state index contributed by atoms with van der Waals surface area (Å²) in [4.78, 5) is 5.13. The number of hydrogen-bond acceptors (Lipinski definition) is 2. The Bertz CT molecular complexity index is 247. The van der Waals surface area contributed by atoms with Gasteiger partial charge in [0.25, 0.3) is 0 Å². The molecule has 0 fully saturated rings. The van der Waals surface area contributed by atoms with Crippen molar-refractivity contribution in [1.29, 1.82) is 0 Å². The zero-order valence-electron chi connectivity index (χ0n) is 8.22. The van der Waals surface area contributed by atoms with Crippen LogP contribution in [0.3, 0.4) is 0 Å². The van der Waals surface area contributed by atoms with Gasteiger partial charge in [0.1, 0.15) is 0 Å². The third-order valence-corrected chi connectivity index (χ3v) is 4.15. The third kappa shape index (κ3) is 4.23. The SMILES string of the molecule is CCC(Br)CCCc1nc(C)cs1. The van der Waals surface area contributed by atoms with Crippen molar-refractivity contribution in [1.82, 2.24) is 4.98 Å². The Kier molecular flexibility index (Phi) is 4.96. The highest BCUT2D eigenvalue weighted by atomic mass is 79.9. The van der Waals surface area contributed by atoms with Gasteiger partial charge < -0.3 is 0 Å². The van der Waals surface area contributed by atoms with E-state index < -0.39 is 0 Å². The van der Waals surface area contributed by atoms with Crippen LogP contribution in [0.25, 0.3) is 0 Å². The van der Waals surface area contributed by atoms with Gasteiger partial charge in [-0.3, -0.25) is 0 Å². The zero-order valence-corrected chi connectivity index (χ0v) is 10.6. The maximum atomic E-state index is 4.44. The molecular formula is C10H16BrNS. The molecule has 1 heterocycles. The van der Waals surface area contributed by atoms with Gasteiger partial charge in [-0.05, 0) is 32.6 Å². The minimum absolute atomic E-state index is 0.688. The van der Waals surface area contributed by atoms with Gasteiger partial charge in [-0.15, -0.1) is 11.3 Å². The van der Waals surface area contributed by atoms with Crippen molar-refractivity contribution >= 4 is 27.3 Å². The molecule has 3 heteroatoms. The van der Waals surface area contributed by atoms with Crippen LogP contribution in [0.5, 0.6) is 0 Å². The van der Waals surface area contributed by atoms with E-state index in [0.29, 0.717) is 4.83 Å². The van der Waals surface area contributed by atoms with Crippen LogP contribution in [0.1, 0.15) is 36.9 Å². The lowest BCUT2D eigenvalue weighted by molar-refractivity contribution is 0.687. The first-order valence-corrected chi connectivity index (χ1v) is 6.57. The molecule has 1 rings (SSSR count). The van der Waals surface area contributed by atoms with Crippen molar-refractivity contribution in [3.63, 3.8) is 0 Å². The normalized spacial score (nSPS) is 13.2. The number of thiazole rings is 1. The van der Waals surface area contributed by atoms with Gasteiger partial charge in [-0.1, -0.05) is 22.9 Å². The number of aryl methyl sites for hydroxylation is 2. The minimum atomic E-state index is 0.688. The Labute approximate surface area is 92.7 Å². The summed E-state index contributed by atoms with van der Waals surface area (Å²) in [6.45, 7) is 4.27. The number of aromatic nitrogens is 1. The molecule has 0 saturated carbocycles. The van der Waals surface area contributed by atoms with Crippen molar-refractivity contribution in [2.75, 3.05) is 0 Å². The molecular weight excluding hydrogens is 246 g/mol. The summed E-state index contributed by atoms with van der Waals surface area (Å²) in [5.41, 5.74) is 1.16. The van der Waals surface area contributed by atoms with Gasteiger partial charge in [0.05, 0.1) is 5.01 Å². The Morgan fingerprint density at radius 1 is 1.62 bits per heavy atom. The number of rotatable bonds is 5. The summed E-state index contributed by atoms with van der Waals surface area (Å²) in [6.07, 6.45) is 4.86. The molecule has 0 aliphatic heterocycles. The second-order valence-electron chi connectivity index (χ2n) is 3.28. The number of halogens is 1. The average Bonchev–Trinajstić information content (AvgIpc) is 2.51. The van der Waals surface area contributed by atoms with E-state index in [1.807, 2.05) is 0 Å². The molecule has 0 amide bonds. The van der Waals surface area contributed by atoms with Crippen LogP contribution in [0.2, 0.25) is 0 Å². The topological polar surface area (TPSA) is 12.9 Å². The molecule has 0 saturated heterocycles. The third-order valence-electron chi connectivity index (χ3n) is 2.02. The quantitative estimate of drug-likeness (QED) is 0.732. The fourth-order valence-corrected chi connectivity index (χ4v) is 2.34. The van der Waals surface area contributed by atoms with E-state index in [4.69, 9.17) is 0 Å². The lowest BCUT2D eigenvalue weighted by atomic mass is 10.2. The summed E-state index contributed by atoms with van der Waals surface area (Å²) in [7, 11) is 0. The lowest BCUT2D eigenvalue weighted by Gasteiger charge is -2.03. The van der Waals surface area contributed by atoms with E-state index >= 15 is 0 Å². The maximum absolute atomic E-state index is 4.44. The highest BCUT2D eigenvalue weighted by Crippen LogP contribution is 2.16. The zero-order chi connectivity index (χ0) is 9.68. The standard InChI is InChI=1S/C10H16BrNS/c1-3-9(11)5-4-6-10-12-8(2)7-13-10/h7,9H,3-6H2,1-2H3. The lowest BCUT2D eigenvalue weighted by Crippen LogP contribution is -1.96. The highest BCUT2D eigenvalue weighted by molar-refractivity contribution is 9.09. The number of nitrogens with zero attached hydrogens (tertiary/aromatic N) is 1. The first-order valence-electron chi connectivity index (χ1n) is 4.77. The fourth-order valence-electron chi connectivity index (χ4n) is 1.20. The van der Waals surface area contributed by atoms with Crippen LogP contribution in [0, 0.1) is 6.92 Å². The van der Waals surface area contributed by atoms with Gasteiger partial charge in [-0.25, -0.2) is 4.98 Å². The molecule has 0 aliphatic rings. The van der Waals surface area contributed by atoms with Crippen LogP contribution < -0.4 is 0 Å². The molecule has 1 atom stereocenters. The second kappa shape index (κ2) is 5.76. The minimum Gasteiger partial charge on any atom is -0.247 e. The smallest absolute Gasteiger partial charge is 0.0928 e. The van der Waals surface area contributed by atoms with Gasteiger partial charge in [0.2, 0.25) is 0 Å². The van der Waals surface area contributed by atoms with Gasteiger partial charge in [0, 0.05) is 15.9 Å². The summed E-state index contributed by atoms with van der Waals surface area (Å²) >= 11 is 5.42. The number of alkyl halides is 1. The molecule has 13 heavy (non-hydrogen) atoms. The van der Waals surface area contributed by atoms with Crippen molar-refractivity contribution in [3.05, 3.63) is 16.1 Å². The van der Waals surface area contributed by atoms with E-state index in [1.54, 1.807) is 11.3 Å². The molecule has 0 N–H and O–H groups in total. The molecule has 1 nitrogen and oxygen atoms in total. The first kappa shape index (κ1) is 11.2. The largest absolute Gasteiger partial charge is 0.247 e. The summed E-state index contributed by atoms with van der Waals surface area (Å²) < 4.78 is 0. The van der Waals surface area contributed by atoms with E-state index in [-0.39, 0.29) is 0 Å². The molecule has 0 spiro atoms. The average molecular weight is 262 g/mol. The van der Waals surface area contributed by atoms with E-state index in [9.17, 15) is 0 Å². The fraction of sp³-hybridized carbons (Fsp3) is 0.700. The molecule has 1 unspecified atom stereocenters. The predicted octanol–water partition coefficient (Wildman–Crippen LogP) is 3.95. The van der Waals surface area contributed by atoms with Crippen molar-refractivity contribution < 1.29 is 0 Å². The molecule has 74 valence electrons. The van der Waals surface area contributed by atoms with Gasteiger partial charge in [-0.2, -0.15) is 0 Å². The van der Waals surface area contributed by atoms with Crippen LogP contribution in [0.15, 0.2) is 5.38 Å². The molecule has 0 bridgehead atoms. The molecule has 0 aromatic carbocycles. The summed E-state index contributed by atoms with van der Waals surface area (Å²) in [5, 5.41) is 3.41. The maximum Gasteiger partial charge on any atom is 0.0928 e. The van der Waals surface area contributed by atoms with E-state index in [2.05, 4.69) is 40.1 Å². The van der Waals surface area contributed by atoms with Gasteiger partial charge >= 0.3 is 0 Å². The molecule has 0 radical (unpaired) electrons. The van der Waals surface area contributed by atoms with Crippen LogP contribution >= 0.6 is 27.3 Å².